The van der Waals surface area contributed by atoms with E-state index in [0.29, 0.717) is 5.56 Å². The quantitative estimate of drug-likeness (QED) is 0.545. The number of pyridine rings is 1. The molecular formula is C24H23N3O3. The fourth-order valence-electron chi connectivity index (χ4n) is 4.38. The molecule has 4 aromatic rings. The van der Waals surface area contributed by atoms with Crippen molar-refractivity contribution < 1.29 is 13.9 Å². The first-order valence-electron chi connectivity index (χ1n) is 10.1. The van der Waals surface area contributed by atoms with Gasteiger partial charge in [-0.05, 0) is 37.2 Å². The number of aromatic nitrogens is 1. The minimum absolute atomic E-state index is 0.256. The summed E-state index contributed by atoms with van der Waals surface area (Å²) in [5, 5.41) is 1.85. The molecule has 5 rings (SSSR count). The highest BCUT2D eigenvalue weighted by molar-refractivity contribution is 6.05. The second kappa shape index (κ2) is 7.46. The summed E-state index contributed by atoms with van der Waals surface area (Å²) in [6, 6.07) is 17.5. The number of benzene rings is 2. The number of hydrogen-bond acceptors (Lipinski definition) is 5. The van der Waals surface area contributed by atoms with Crippen LogP contribution in [0.3, 0.4) is 0 Å². The lowest BCUT2D eigenvalue weighted by molar-refractivity contribution is 0.100. The van der Waals surface area contributed by atoms with Gasteiger partial charge in [-0.1, -0.05) is 30.3 Å². The Hall–Kier alpha value is -3.38. The fourth-order valence-corrected chi connectivity index (χ4v) is 4.38. The van der Waals surface area contributed by atoms with Crippen LogP contribution in [-0.2, 0) is 6.54 Å². The Morgan fingerprint density at radius 1 is 1.23 bits per heavy atom. The number of fused-ring (bicyclic) bond motifs is 2. The number of nitrogens with zero attached hydrogens (tertiary/aromatic N) is 2. The van der Waals surface area contributed by atoms with E-state index in [4.69, 9.17) is 19.9 Å². The van der Waals surface area contributed by atoms with E-state index < -0.39 is 5.91 Å². The predicted octanol–water partition coefficient (Wildman–Crippen LogP) is 4.08. The molecule has 0 radical (unpaired) electrons. The maximum atomic E-state index is 12.0. The number of amides is 1. The first kappa shape index (κ1) is 18.6. The largest absolute Gasteiger partial charge is 0.493 e. The molecule has 0 spiro atoms. The fraction of sp³-hybridized carbons (Fsp3) is 0.250. The highest BCUT2D eigenvalue weighted by Crippen LogP contribution is 2.32. The van der Waals surface area contributed by atoms with E-state index in [1.807, 2.05) is 48.5 Å². The van der Waals surface area contributed by atoms with Gasteiger partial charge in [0.05, 0.1) is 24.7 Å². The normalized spacial score (nSPS) is 17.0. The summed E-state index contributed by atoms with van der Waals surface area (Å²) >= 11 is 0. The molecule has 0 unspecified atom stereocenters. The van der Waals surface area contributed by atoms with Crippen LogP contribution in [0.4, 0.5) is 0 Å². The van der Waals surface area contributed by atoms with Crippen molar-refractivity contribution in [3.8, 4) is 5.75 Å². The second-order valence-corrected chi connectivity index (χ2v) is 7.79. The van der Waals surface area contributed by atoms with Crippen LogP contribution in [0.15, 0.2) is 59.0 Å². The van der Waals surface area contributed by atoms with Gasteiger partial charge in [0.1, 0.15) is 5.76 Å². The van der Waals surface area contributed by atoms with Crippen molar-refractivity contribution in [1.29, 1.82) is 0 Å². The van der Waals surface area contributed by atoms with E-state index in [2.05, 4.69) is 11.0 Å². The summed E-state index contributed by atoms with van der Waals surface area (Å²) in [6.45, 7) is 2.53. The van der Waals surface area contributed by atoms with Crippen LogP contribution in [0, 0.1) is 0 Å². The SMILES string of the molecule is COc1cccc2cc(CN3CC[C@H](c4cc(C(N)=O)c5ccccc5n4)C3)oc12. The van der Waals surface area contributed by atoms with Crippen LogP contribution < -0.4 is 10.5 Å². The van der Waals surface area contributed by atoms with Gasteiger partial charge in [-0.15, -0.1) is 0 Å². The van der Waals surface area contributed by atoms with Crippen LogP contribution in [0.5, 0.6) is 5.75 Å². The van der Waals surface area contributed by atoms with Crippen LogP contribution in [0.25, 0.3) is 21.9 Å². The maximum Gasteiger partial charge on any atom is 0.249 e. The van der Waals surface area contributed by atoms with Crippen LogP contribution in [0.1, 0.15) is 34.2 Å². The Morgan fingerprint density at radius 2 is 2.10 bits per heavy atom. The highest BCUT2D eigenvalue weighted by Gasteiger charge is 2.27. The van der Waals surface area contributed by atoms with E-state index in [0.717, 1.165) is 65.1 Å². The average molecular weight is 401 g/mol. The maximum absolute atomic E-state index is 12.0. The first-order valence-corrected chi connectivity index (χ1v) is 10.1. The third kappa shape index (κ3) is 3.29. The van der Waals surface area contributed by atoms with Crippen molar-refractivity contribution >= 4 is 27.8 Å². The van der Waals surface area contributed by atoms with Gasteiger partial charge in [0.15, 0.2) is 11.3 Å². The van der Waals surface area contributed by atoms with Crippen molar-refractivity contribution in [2.24, 2.45) is 5.73 Å². The number of carbonyl (C=O) groups is 1. The topological polar surface area (TPSA) is 81.6 Å². The van der Waals surface area contributed by atoms with Crippen molar-refractivity contribution in [1.82, 2.24) is 9.88 Å². The Kier molecular flexibility index (Phi) is 4.64. The van der Waals surface area contributed by atoms with E-state index in [1.165, 1.54) is 0 Å². The van der Waals surface area contributed by atoms with Crippen molar-refractivity contribution in [3.63, 3.8) is 0 Å². The standard InChI is InChI=1S/C24H23N3O3/c1-29-22-8-4-5-15-11-17(30-23(15)22)14-27-10-9-16(13-27)21-12-19(24(25)28)18-6-2-3-7-20(18)26-21/h2-8,11-12,16H,9-10,13-14H2,1H3,(H2,25,28)/t16-/m0/s1. The van der Waals surface area contributed by atoms with E-state index in [1.54, 1.807) is 7.11 Å². The molecule has 1 atom stereocenters. The number of para-hydroxylation sites is 2. The van der Waals surface area contributed by atoms with Crippen LogP contribution >= 0.6 is 0 Å². The molecule has 0 bridgehead atoms. The third-order valence-electron chi connectivity index (χ3n) is 5.85. The summed E-state index contributed by atoms with van der Waals surface area (Å²) in [4.78, 5) is 19.2. The number of likely N-dealkylation sites (tertiary alicyclic amines) is 1. The highest BCUT2D eigenvalue weighted by atomic mass is 16.5. The molecular weight excluding hydrogens is 378 g/mol. The molecule has 2 aromatic carbocycles. The lowest BCUT2D eigenvalue weighted by atomic mass is 9.99. The van der Waals surface area contributed by atoms with E-state index in [9.17, 15) is 4.79 Å². The first-order chi connectivity index (χ1) is 14.6. The minimum Gasteiger partial charge on any atom is -0.493 e. The Bertz CT molecular complexity index is 1250. The van der Waals surface area contributed by atoms with Gasteiger partial charge in [-0.25, -0.2) is 0 Å². The number of hydrogen-bond donors (Lipinski definition) is 1. The Morgan fingerprint density at radius 3 is 2.93 bits per heavy atom. The zero-order chi connectivity index (χ0) is 20.7. The molecule has 2 N–H and O–H groups in total. The zero-order valence-corrected chi connectivity index (χ0v) is 16.8. The van der Waals surface area contributed by atoms with Crippen molar-refractivity contribution in [2.75, 3.05) is 20.2 Å². The lowest BCUT2D eigenvalue weighted by Crippen LogP contribution is -2.20. The van der Waals surface area contributed by atoms with Gasteiger partial charge < -0.3 is 14.9 Å². The molecule has 0 aliphatic carbocycles. The minimum atomic E-state index is -0.416. The summed E-state index contributed by atoms with van der Waals surface area (Å²) < 4.78 is 11.5. The number of methoxy groups -OCH3 is 1. The monoisotopic (exact) mass is 401 g/mol. The Balaban J connectivity index is 1.38. The number of rotatable bonds is 5. The molecule has 1 aliphatic heterocycles. The smallest absolute Gasteiger partial charge is 0.249 e. The summed E-state index contributed by atoms with van der Waals surface area (Å²) in [5.41, 5.74) is 8.70. The average Bonchev–Trinajstić information content (AvgIpc) is 3.39. The predicted molar refractivity (Wildman–Crippen MR) is 116 cm³/mol. The van der Waals surface area contributed by atoms with Gasteiger partial charge in [0.25, 0.3) is 0 Å². The van der Waals surface area contributed by atoms with Gasteiger partial charge in [0.2, 0.25) is 5.91 Å². The van der Waals surface area contributed by atoms with E-state index >= 15 is 0 Å². The number of furan rings is 1. The molecule has 30 heavy (non-hydrogen) atoms. The molecule has 2 aromatic heterocycles. The molecule has 1 fully saturated rings. The van der Waals surface area contributed by atoms with Crippen LogP contribution in [-0.4, -0.2) is 36.0 Å². The molecule has 6 heteroatoms. The van der Waals surface area contributed by atoms with Gasteiger partial charge >= 0.3 is 0 Å². The summed E-state index contributed by atoms with van der Waals surface area (Å²) in [5.74, 6) is 1.50. The molecule has 6 nitrogen and oxygen atoms in total. The van der Waals surface area contributed by atoms with Crippen molar-refractivity contribution in [3.05, 3.63) is 71.6 Å². The zero-order valence-electron chi connectivity index (χ0n) is 16.8. The molecule has 1 amide bonds. The number of carbonyl (C=O) groups excluding carboxylic acids is 1. The van der Waals surface area contributed by atoms with Gasteiger partial charge in [-0.3, -0.25) is 14.7 Å². The van der Waals surface area contributed by atoms with Gasteiger partial charge in [0, 0.05) is 28.9 Å². The lowest BCUT2D eigenvalue weighted by Gasteiger charge is -2.15. The van der Waals surface area contributed by atoms with Gasteiger partial charge in [-0.2, -0.15) is 0 Å². The van der Waals surface area contributed by atoms with Crippen molar-refractivity contribution in [2.45, 2.75) is 18.9 Å². The van der Waals surface area contributed by atoms with Crippen LogP contribution in [0.2, 0.25) is 0 Å². The third-order valence-corrected chi connectivity index (χ3v) is 5.85. The number of ether oxygens (including phenoxy) is 1. The molecule has 0 saturated carbocycles. The number of primary amides is 1. The molecule has 1 saturated heterocycles. The molecule has 152 valence electrons. The number of nitrogens with two attached hydrogens (primary N) is 1. The Labute approximate surface area is 174 Å². The molecule has 1 aliphatic rings. The summed E-state index contributed by atoms with van der Waals surface area (Å²) in [7, 11) is 1.65. The van der Waals surface area contributed by atoms with E-state index in [-0.39, 0.29) is 5.92 Å². The second-order valence-electron chi connectivity index (χ2n) is 7.79. The summed E-state index contributed by atoms with van der Waals surface area (Å²) in [6.07, 6.45) is 0.979. The molecule has 3 heterocycles.